The van der Waals surface area contributed by atoms with Gasteiger partial charge in [-0.2, -0.15) is 13.4 Å². The van der Waals surface area contributed by atoms with Crippen molar-refractivity contribution >= 4 is 27.3 Å². The lowest BCUT2D eigenvalue weighted by Crippen LogP contribution is -2.24. The van der Waals surface area contributed by atoms with Gasteiger partial charge in [-0.05, 0) is 18.9 Å². The van der Waals surface area contributed by atoms with E-state index in [4.69, 9.17) is 5.14 Å². The van der Waals surface area contributed by atoms with Crippen LogP contribution in [0.25, 0.3) is 22.6 Å². The number of nitrogens with zero attached hydrogens (tertiary/aromatic N) is 2. The Kier molecular flexibility index (Phi) is 5.21. The van der Waals surface area contributed by atoms with E-state index in [0.29, 0.717) is 24.3 Å². The molecule has 0 amide bonds. The second kappa shape index (κ2) is 7.67. The van der Waals surface area contributed by atoms with E-state index in [-0.39, 0.29) is 18.6 Å². The van der Waals surface area contributed by atoms with E-state index in [2.05, 4.69) is 29.4 Å². The quantitative estimate of drug-likeness (QED) is 0.453. The van der Waals surface area contributed by atoms with Crippen molar-refractivity contribution in [2.75, 3.05) is 11.9 Å². The lowest BCUT2D eigenvalue weighted by Gasteiger charge is -2.12. The Morgan fingerprint density at radius 3 is 2.93 bits per heavy atom. The molecule has 0 unspecified atom stereocenters. The largest absolute Gasteiger partial charge is 0.393 e. The summed E-state index contributed by atoms with van der Waals surface area (Å²) < 4.78 is 26.6. The second-order valence-corrected chi connectivity index (χ2v) is 8.52. The second-order valence-electron chi connectivity index (χ2n) is 7.29. The minimum Gasteiger partial charge on any atom is -0.393 e. The minimum atomic E-state index is -4.03. The van der Waals surface area contributed by atoms with Gasteiger partial charge in [0.25, 0.3) is 5.65 Å². The summed E-state index contributed by atoms with van der Waals surface area (Å²) in [6.07, 6.45) is 1.86. The van der Waals surface area contributed by atoms with E-state index >= 15 is 0 Å². The van der Waals surface area contributed by atoms with E-state index < -0.39 is 16.4 Å². The van der Waals surface area contributed by atoms with Crippen molar-refractivity contribution in [3.8, 4) is 11.4 Å². The van der Waals surface area contributed by atoms with Gasteiger partial charge in [0, 0.05) is 17.9 Å². The molecule has 4 rings (SSSR count). The Balaban J connectivity index is 1.54. The lowest BCUT2D eigenvalue weighted by atomic mass is 10.1. The molecule has 1 aliphatic carbocycles. The number of aromatic amines is 2. The number of aromatic nitrogens is 4. The third kappa shape index (κ3) is 4.37. The van der Waals surface area contributed by atoms with Crippen LogP contribution in [0.4, 0.5) is 5.82 Å². The molecule has 0 aliphatic heterocycles. The van der Waals surface area contributed by atoms with Gasteiger partial charge in [-0.25, -0.2) is 10.1 Å². The molecule has 3 aromatic rings. The summed E-state index contributed by atoms with van der Waals surface area (Å²) in [4.78, 5) is 15.3. The molecule has 3 atom stereocenters. The van der Waals surface area contributed by atoms with Crippen LogP contribution in [0, 0.1) is 12.8 Å². The molecular weight excluding hydrogens is 396 g/mol. The van der Waals surface area contributed by atoms with Crippen molar-refractivity contribution in [3.63, 3.8) is 0 Å². The van der Waals surface area contributed by atoms with E-state index in [1.54, 1.807) is 6.33 Å². The average Bonchev–Trinajstić information content (AvgIpc) is 3.24. The molecule has 1 saturated carbocycles. The van der Waals surface area contributed by atoms with Gasteiger partial charge < -0.3 is 15.4 Å². The predicted octanol–water partition coefficient (Wildman–Crippen LogP) is 0.519. The molecule has 6 N–H and O–H groups in total. The van der Waals surface area contributed by atoms with Gasteiger partial charge in [0.2, 0.25) is 12.1 Å². The summed E-state index contributed by atoms with van der Waals surface area (Å²) in [5.74, 6) is 1.10. The first-order valence-electron chi connectivity index (χ1n) is 9.24. The standard InChI is InChI=1S/C18H22N6O4S/c1-10-4-2-3-5-13(10)16-23-15-17(20-9-21-18(15)24-16)22-12-6-11(14(25)7-12)8-28-29(19,26)27/h2-5,9,11-12,14,25H,6-8H2,1H3,(H2,19,26,27)(H2,20,21,22,23,24)/p+1/t11-,12+,14-/m0/s1. The summed E-state index contributed by atoms with van der Waals surface area (Å²) in [7, 11) is -4.03. The zero-order valence-corrected chi connectivity index (χ0v) is 16.6. The van der Waals surface area contributed by atoms with Crippen molar-refractivity contribution in [3.05, 3.63) is 36.2 Å². The maximum atomic E-state index is 11.0. The van der Waals surface area contributed by atoms with Crippen molar-refractivity contribution in [2.45, 2.75) is 31.9 Å². The smallest absolute Gasteiger partial charge is 0.333 e. The molecule has 29 heavy (non-hydrogen) atoms. The summed E-state index contributed by atoms with van der Waals surface area (Å²) in [6, 6.07) is 7.86. The van der Waals surface area contributed by atoms with Crippen LogP contribution in [0.15, 0.2) is 30.6 Å². The molecule has 0 bridgehead atoms. The van der Waals surface area contributed by atoms with Gasteiger partial charge in [0.05, 0.1) is 18.8 Å². The number of rotatable bonds is 6. The minimum absolute atomic E-state index is 0.0776. The van der Waals surface area contributed by atoms with Crippen LogP contribution in [-0.4, -0.2) is 47.2 Å². The highest BCUT2D eigenvalue weighted by atomic mass is 32.2. The SMILES string of the molecule is Cc1ccccc1-c1nc2nc[nH+]c(N[C@@H]3C[C@@H](COS(N)(=O)=O)[C@@H](O)C3)c2[nH]1. The number of aliphatic hydroxyl groups excluding tert-OH is 1. The van der Waals surface area contributed by atoms with Crippen molar-refractivity contribution < 1.29 is 22.7 Å². The monoisotopic (exact) mass is 419 g/mol. The number of nitrogens with one attached hydrogen (secondary N) is 3. The van der Waals surface area contributed by atoms with Gasteiger partial charge in [-0.15, -0.1) is 0 Å². The fourth-order valence-electron chi connectivity index (χ4n) is 3.73. The maximum absolute atomic E-state index is 11.0. The van der Waals surface area contributed by atoms with Crippen molar-refractivity contribution in [1.29, 1.82) is 0 Å². The van der Waals surface area contributed by atoms with Gasteiger partial charge in [0.1, 0.15) is 5.82 Å². The summed E-state index contributed by atoms with van der Waals surface area (Å²) >= 11 is 0. The van der Waals surface area contributed by atoms with Gasteiger partial charge in [0.15, 0.2) is 5.52 Å². The van der Waals surface area contributed by atoms with Crippen LogP contribution in [0.3, 0.4) is 0 Å². The number of hydrogen-bond donors (Lipinski definition) is 4. The van der Waals surface area contributed by atoms with Gasteiger partial charge >= 0.3 is 10.3 Å². The van der Waals surface area contributed by atoms with Crippen LogP contribution in [0.5, 0.6) is 0 Å². The van der Waals surface area contributed by atoms with E-state index in [9.17, 15) is 13.5 Å². The van der Waals surface area contributed by atoms with Crippen LogP contribution < -0.4 is 15.4 Å². The van der Waals surface area contributed by atoms with E-state index in [1.807, 2.05) is 31.2 Å². The number of H-pyrrole nitrogens is 2. The molecule has 10 nitrogen and oxygen atoms in total. The molecule has 2 aromatic heterocycles. The molecule has 11 heteroatoms. The third-order valence-corrected chi connectivity index (χ3v) is 5.65. The molecular formula is C18H23N6O4S+. The zero-order valence-electron chi connectivity index (χ0n) is 15.8. The first-order valence-corrected chi connectivity index (χ1v) is 10.7. The number of anilines is 1. The van der Waals surface area contributed by atoms with E-state index in [0.717, 1.165) is 22.5 Å². The van der Waals surface area contributed by atoms with Crippen LogP contribution in [0.2, 0.25) is 0 Å². The Labute approximate surface area is 167 Å². The molecule has 1 aromatic carbocycles. The van der Waals surface area contributed by atoms with Gasteiger partial charge in [-0.3, -0.25) is 4.18 Å². The summed E-state index contributed by atoms with van der Waals surface area (Å²) in [5.41, 5.74) is 3.39. The van der Waals surface area contributed by atoms with Crippen LogP contribution in [-0.2, 0) is 14.5 Å². The Morgan fingerprint density at radius 1 is 1.38 bits per heavy atom. The predicted molar refractivity (Wildman–Crippen MR) is 106 cm³/mol. The topological polar surface area (TPSA) is 157 Å². The molecule has 154 valence electrons. The molecule has 0 radical (unpaired) electrons. The fraction of sp³-hybridized carbons (Fsp3) is 0.389. The maximum Gasteiger partial charge on any atom is 0.333 e. The number of imidazole rings is 1. The van der Waals surface area contributed by atoms with Crippen LogP contribution in [0.1, 0.15) is 18.4 Å². The van der Waals surface area contributed by atoms with Gasteiger partial charge in [-0.1, -0.05) is 29.2 Å². The normalized spacial score (nSPS) is 22.2. The average molecular weight is 419 g/mol. The highest BCUT2D eigenvalue weighted by molar-refractivity contribution is 7.84. The Bertz CT molecular complexity index is 1130. The number of nitrogens with two attached hydrogens (primary N) is 1. The summed E-state index contributed by atoms with van der Waals surface area (Å²) in [5, 5.41) is 18.5. The highest BCUT2D eigenvalue weighted by Crippen LogP contribution is 2.30. The fourth-order valence-corrected chi connectivity index (χ4v) is 4.09. The highest BCUT2D eigenvalue weighted by Gasteiger charge is 2.36. The first kappa shape index (κ1) is 19.7. The zero-order chi connectivity index (χ0) is 20.6. The number of fused-ring (bicyclic) bond motifs is 1. The Morgan fingerprint density at radius 2 is 2.17 bits per heavy atom. The summed E-state index contributed by atoms with van der Waals surface area (Å²) in [6.45, 7) is 1.88. The first-order chi connectivity index (χ1) is 13.8. The van der Waals surface area contributed by atoms with Crippen molar-refractivity contribution in [1.82, 2.24) is 15.0 Å². The number of aliphatic hydroxyl groups is 1. The number of hydrogen-bond acceptors (Lipinski definition) is 7. The molecule has 1 aliphatic rings. The molecule has 2 heterocycles. The number of benzene rings is 1. The lowest BCUT2D eigenvalue weighted by molar-refractivity contribution is -0.364. The molecule has 0 saturated heterocycles. The van der Waals surface area contributed by atoms with E-state index in [1.165, 1.54) is 0 Å². The molecule has 0 spiro atoms. The third-order valence-electron chi connectivity index (χ3n) is 5.18. The Hall–Kier alpha value is -2.60. The van der Waals surface area contributed by atoms with Crippen LogP contribution >= 0.6 is 0 Å². The molecule has 1 fully saturated rings. The van der Waals surface area contributed by atoms with Crippen molar-refractivity contribution in [2.24, 2.45) is 11.1 Å². The number of aryl methyl sites for hydroxylation is 1.